The molecule has 1 aliphatic carbocycles. The molecule has 0 aromatic heterocycles. The summed E-state index contributed by atoms with van der Waals surface area (Å²) in [5.41, 5.74) is -0.450. The summed E-state index contributed by atoms with van der Waals surface area (Å²) >= 11 is 0. The van der Waals surface area contributed by atoms with Crippen LogP contribution >= 0.6 is 0 Å². The van der Waals surface area contributed by atoms with Gasteiger partial charge in [-0.25, -0.2) is 0 Å². The van der Waals surface area contributed by atoms with Gasteiger partial charge in [0.25, 0.3) is 0 Å². The third-order valence-corrected chi connectivity index (χ3v) is 4.31. The van der Waals surface area contributed by atoms with Crippen LogP contribution in [-0.4, -0.2) is 24.2 Å². The van der Waals surface area contributed by atoms with E-state index in [0.717, 1.165) is 25.7 Å². The zero-order valence-electron chi connectivity index (χ0n) is 13.0. The highest BCUT2D eigenvalue weighted by molar-refractivity contribution is 5.80. The maximum absolute atomic E-state index is 12.4. The molecule has 0 amide bonds. The van der Waals surface area contributed by atoms with Gasteiger partial charge in [-0.1, -0.05) is 46.0 Å². The van der Waals surface area contributed by atoms with Crippen LogP contribution in [0.4, 0.5) is 0 Å². The van der Waals surface area contributed by atoms with Crippen molar-refractivity contribution in [2.75, 3.05) is 6.61 Å². The Morgan fingerprint density at radius 3 is 2.42 bits per heavy atom. The second kappa shape index (κ2) is 8.57. The zero-order valence-corrected chi connectivity index (χ0v) is 13.0. The lowest BCUT2D eigenvalue weighted by Crippen LogP contribution is -2.56. The third kappa shape index (κ3) is 4.79. The van der Waals surface area contributed by atoms with Crippen molar-refractivity contribution in [3.05, 3.63) is 0 Å². The van der Waals surface area contributed by atoms with E-state index in [4.69, 9.17) is 4.74 Å². The summed E-state index contributed by atoms with van der Waals surface area (Å²) in [5.74, 6) is -0.0449. The largest absolute Gasteiger partial charge is 0.465 e. The lowest BCUT2D eigenvalue weighted by atomic mass is 9.86. The van der Waals surface area contributed by atoms with Gasteiger partial charge in [0.05, 0.1) is 6.61 Å². The normalized spacial score (nSPS) is 19.9. The van der Waals surface area contributed by atoms with Gasteiger partial charge in [0.1, 0.15) is 5.54 Å². The van der Waals surface area contributed by atoms with Crippen LogP contribution in [0, 0.1) is 0 Å². The van der Waals surface area contributed by atoms with E-state index < -0.39 is 5.54 Å². The lowest BCUT2D eigenvalue weighted by molar-refractivity contribution is -0.152. The Balaban J connectivity index is 2.72. The first-order chi connectivity index (χ1) is 9.18. The number of esters is 1. The summed E-state index contributed by atoms with van der Waals surface area (Å²) in [6.45, 7) is 6.63. The highest BCUT2D eigenvalue weighted by Crippen LogP contribution is 2.26. The van der Waals surface area contributed by atoms with Crippen molar-refractivity contribution in [1.29, 1.82) is 0 Å². The van der Waals surface area contributed by atoms with Gasteiger partial charge >= 0.3 is 5.97 Å². The van der Waals surface area contributed by atoms with Gasteiger partial charge < -0.3 is 4.74 Å². The van der Waals surface area contributed by atoms with Gasteiger partial charge in [0, 0.05) is 6.04 Å². The second-order valence-electron chi connectivity index (χ2n) is 5.74. The number of hydrogen-bond donors (Lipinski definition) is 1. The molecule has 3 nitrogen and oxygen atoms in total. The van der Waals surface area contributed by atoms with Crippen molar-refractivity contribution in [1.82, 2.24) is 5.32 Å². The molecule has 112 valence electrons. The summed E-state index contributed by atoms with van der Waals surface area (Å²) in [6.07, 6.45) is 10.2. The topological polar surface area (TPSA) is 38.3 Å². The van der Waals surface area contributed by atoms with Crippen molar-refractivity contribution < 1.29 is 9.53 Å². The van der Waals surface area contributed by atoms with E-state index in [2.05, 4.69) is 19.2 Å². The smallest absolute Gasteiger partial charge is 0.326 e. The van der Waals surface area contributed by atoms with Crippen molar-refractivity contribution >= 4 is 5.97 Å². The number of carbonyl (C=O) groups is 1. The maximum Gasteiger partial charge on any atom is 0.326 e. The van der Waals surface area contributed by atoms with Crippen LogP contribution in [-0.2, 0) is 9.53 Å². The first kappa shape index (κ1) is 16.5. The van der Waals surface area contributed by atoms with Crippen molar-refractivity contribution in [3.8, 4) is 0 Å². The lowest BCUT2D eigenvalue weighted by Gasteiger charge is -2.37. The molecule has 3 heteroatoms. The Morgan fingerprint density at radius 1 is 1.21 bits per heavy atom. The van der Waals surface area contributed by atoms with Gasteiger partial charge in [-0.05, 0) is 32.6 Å². The first-order valence-electron chi connectivity index (χ1n) is 8.13. The first-order valence-corrected chi connectivity index (χ1v) is 8.13. The minimum absolute atomic E-state index is 0.0449. The van der Waals surface area contributed by atoms with E-state index in [-0.39, 0.29) is 5.97 Å². The van der Waals surface area contributed by atoms with E-state index in [1.807, 2.05) is 6.92 Å². The van der Waals surface area contributed by atoms with E-state index in [1.165, 1.54) is 32.1 Å². The third-order valence-electron chi connectivity index (χ3n) is 4.31. The monoisotopic (exact) mass is 269 g/mol. The molecular weight excluding hydrogens is 238 g/mol. The van der Waals surface area contributed by atoms with Crippen molar-refractivity contribution in [3.63, 3.8) is 0 Å². The van der Waals surface area contributed by atoms with Gasteiger partial charge in [0.15, 0.2) is 0 Å². The molecule has 0 aromatic carbocycles. The molecule has 0 aliphatic heterocycles. The van der Waals surface area contributed by atoms with Crippen LogP contribution in [0.25, 0.3) is 0 Å². The molecule has 0 aromatic rings. The minimum atomic E-state index is -0.450. The van der Waals surface area contributed by atoms with E-state index in [0.29, 0.717) is 12.6 Å². The molecule has 0 saturated heterocycles. The molecule has 1 unspecified atom stereocenters. The summed E-state index contributed by atoms with van der Waals surface area (Å²) in [4.78, 5) is 12.4. The Bertz CT molecular complexity index is 261. The van der Waals surface area contributed by atoms with Crippen LogP contribution < -0.4 is 5.32 Å². The summed E-state index contributed by atoms with van der Waals surface area (Å²) in [7, 11) is 0. The number of carbonyl (C=O) groups excluding carboxylic acids is 1. The van der Waals surface area contributed by atoms with Gasteiger partial charge in [-0.15, -0.1) is 0 Å². The quantitative estimate of drug-likeness (QED) is 0.681. The number of rotatable bonds is 8. The van der Waals surface area contributed by atoms with Crippen LogP contribution in [0.2, 0.25) is 0 Å². The van der Waals surface area contributed by atoms with Crippen LogP contribution in [0.15, 0.2) is 0 Å². The van der Waals surface area contributed by atoms with Crippen LogP contribution in [0.5, 0.6) is 0 Å². The van der Waals surface area contributed by atoms with Crippen LogP contribution in [0.3, 0.4) is 0 Å². The van der Waals surface area contributed by atoms with E-state index in [9.17, 15) is 4.79 Å². The maximum atomic E-state index is 12.4. The van der Waals surface area contributed by atoms with Gasteiger partial charge in [-0.2, -0.15) is 0 Å². The molecule has 1 atom stereocenters. The Kier molecular flexibility index (Phi) is 7.44. The molecule has 1 rings (SSSR count). The fraction of sp³-hybridized carbons (Fsp3) is 0.938. The predicted octanol–water partition coefficient (Wildman–Crippen LogP) is 3.81. The molecular formula is C16H31NO2. The highest BCUT2D eigenvalue weighted by Gasteiger charge is 2.39. The SMILES string of the molecule is CCCCC(CC)(NC1CCCCC1)C(=O)OCC. The zero-order chi connectivity index (χ0) is 14.1. The number of unbranched alkanes of at least 4 members (excludes halogenated alkanes) is 1. The van der Waals surface area contributed by atoms with E-state index >= 15 is 0 Å². The molecule has 0 spiro atoms. The summed E-state index contributed by atoms with van der Waals surface area (Å²) < 4.78 is 5.34. The van der Waals surface area contributed by atoms with Crippen LogP contribution in [0.1, 0.15) is 78.6 Å². The molecule has 19 heavy (non-hydrogen) atoms. The molecule has 1 fully saturated rings. The molecule has 1 saturated carbocycles. The fourth-order valence-corrected chi connectivity index (χ4v) is 3.04. The van der Waals surface area contributed by atoms with Gasteiger partial charge in [-0.3, -0.25) is 10.1 Å². The molecule has 1 aliphatic rings. The molecule has 0 radical (unpaired) electrons. The Labute approximate surface area is 118 Å². The highest BCUT2D eigenvalue weighted by atomic mass is 16.5. The van der Waals surface area contributed by atoms with Crippen molar-refractivity contribution in [2.24, 2.45) is 0 Å². The number of ether oxygens (including phenoxy) is 1. The minimum Gasteiger partial charge on any atom is -0.465 e. The standard InChI is InChI=1S/C16H31NO2/c1-4-7-13-16(5-2,15(18)19-6-3)17-14-11-9-8-10-12-14/h14,17H,4-13H2,1-3H3. The molecule has 1 N–H and O–H groups in total. The van der Waals surface area contributed by atoms with Crippen molar-refractivity contribution in [2.45, 2.75) is 90.1 Å². The predicted molar refractivity (Wildman–Crippen MR) is 79.2 cm³/mol. The van der Waals surface area contributed by atoms with Gasteiger partial charge in [0.2, 0.25) is 0 Å². The number of hydrogen-bond acceptors (Lipinski definition) is 3. The fourth-order valence-electron chi connectivity index (χ4n) is 3.04. The second-order valence-corrected chi connectivity index (χ2v) is 5.74. The summed E-state index contributed by atoms with van der Waals surface area (Å²) in [6, 6.07) is 0.495. The number of nitrogens with one attached hydrogen (secondary N) is 1. The molecule has 0 bridgehead atoms. The Morgan fingerprint density at radius 2 is 1.89 bits per heavy atom. The average Bonchev–Trinajstić information content (AvgIpc) is 2.45. The Hall–Kier alpha value is -0.570. The average molecular weight is 269 g/mol. The van der Waals surface area contributed by atoms with E-state index in [1.54, 1.807) is 0 Å². The summed E-state index contributed by atoms with van der Waals surface area (Å²) in [5, 5.41) is 3.66. The molecule has 0 heterocycles.